The maximum Gasteiger partial charge on any atom is 0.204 e. The third-order valence-electron chi connectivity index (χ3n) is 4.78. The van der Waals surface area contributed by atoms with E-state index in [2.05, 4.69) is 15.5 Å². The Bertz CT molecular complexity index is 1310. The molecule has 2 aromatic heterocycles. The lowest BCUT2D eigenvalue weighted by molar-refractivity contribution is 0.415. The van der Waals surface area contributed by atoms with E-state index in [0.29, 0.717) is 0 Å². The molecule has 152 valence electrons. The highest BCUT2D eigenvalue weighted by molar-refractivity contribution is 7.22. The first kappa shape index (κ1) is 19.0. The predicted octanol–water partition coefficient (Wildman–Crippen LogP) is 5.60. The maximum absolute atomic E-state index is 5.28. The van der Waals surface area contributed by atoms with E-state index in [-0.39, 0.29) is 0 Å². The molecule has 0 aliphatic rings. The summed E-state index contributed by atoms with van der Waals surface area (Å²) in [5, 5.41) is 9.99. The molecule has 0 spiro atoms. The molecule has 5 rings (SSSR count). The van der Waals surface area contributed by atoms with Crippen molar-refractivity contribution in [1.29, 1.82) is 0 Å². The molecule has 1 N–H and O–H groups in total. The molecule has 0 fully saturated rings. The molecular weight excluding hydrogens is 406 g/mol. The molecule has 0 saturated heterocycles. The average Bonchev–Trinajstić information content (AvgIpc) is 3.44. The topological polar surface area (TPSA) is 64.3 Å². The van der Waals surface area contributed by atoms with Crippen molar-refractivity contribution in [2.24, 2.45) is 5.10 Å². The minimum atomic E-state index is 0.749. The number of nitrogens with zero attached hydrogens (tertiary/aromatic N) is 4. The zero-order valence-electron chi connectivity index (χ0n) is 16.8. The van der Waals surface area contributed by atoms with Gasteiger partial charge in [0, 0.05) is 17.3 Å². The quantitative estimate of drug-likeness (QED) is 0.284. The number of nitrogens with one attached hydrogen (secondary N) is 1. The summed E-state index contributed by atoms with van der Waals surface area (Å²) in [6.45, 7) is 0. The number of anilines is 1. The van der Waals surface area contributed by atoms with E-state index in [1.165, 1.54) is 0 Å². The molecule has 3 aromatic carbocycles. The molecule has 31 heavy (non-hydrogen) atoms. The van der Waals surface area contributed by atoms with Gasteiger partial charge in [0.15, 0.2) is 0 Å². The van der Waals surface area contributed by atoms with Crippen LogP contribution >= 0.6 is 11.3 Å². The zero-order valence-corrected chi connectivity index (χ0v) is 17.6. The lowest BCUT2D eigenvalue weighted by Gasteiger charge is -2.02. The SMILES string of the molecule is COc1ccc(-c2nn(-c3ccccc3)cc2/C=N/Nc2nc3ccccc3s2)cc1. The number of thiazole rings is 1. The van der Waals surface area contributed by atoms with Crippen molar-refractivity contribution in [1.82, 2.24) is 14.8 Å². The van der Waals surface area contributed by atoms with Gasteiger partial charge in [0.05, 0.1) is 29.2 Å². The summed E-state index contributed by atoms with van der Waals surface area (Å²) in [5.74, 6) is 0.805. The molecule has 2 heterocycles. The Hall–Kier alpha value is -3.97. The monoisotopic (exact) mass is 425 g/mol. The van der Waals surface area contributed by atoms with Gasteiger partial charge >= 0.3 is 0 Å². The fourth-order valence-electron chi connectivity index (χ4n) is 3.25. The van der Waals surface area contributed by atoms with Gasteiger partial charge in [-0.3, -0.25) is 5.43 Å². The van der Waals surface area contributed by atoms with Gasteiger partial charge in [0.25, 0.3) is 0 Å². The molecule has 6 nitrogen and oxygen atoms in total. The van der Waals surface area contributed by atoms with Gasteiger partial charge in [-0.15, -0.1) is 0 Å². The van der Waals surface area contributed by atoms with Crippen LogP contribution in [0.2, 0.25) is 0 Å². The minimum Gasteiger partial charge on any atom is -0.497 e. The molecule has 0 unspecified atom stereocenters. The van der Waals surface area contributed by atoms with Crippen LogP contribution in [-0.2, 0) is 0 Å². The molecule has 0 amide bonds. The highest BCUT2D eigenvalue weighted by Gasteiger charge is 2.11. The predicted molar refractivity (Wildman–Crippen MR) is 126 cm³/mol. The van der Waals surface area contributed by atoms with Crippen molar-refractivity contribution < 1.29 is 4.74 Å². The summed E-state index contributed by atoms with van der Waals surface area (Å²) < 4.78 is 8.26. The molecule has 0 radical (unpaired) electrons. The zero-order chi connectivity index (χ0) is 21.0. The Labute approximate surface area is 183 Å². The van der Waals surface area contributed by atoms with Crippen molar-refractivity contribution in [2.75, 3.05) is 12.5 Å². The number of hydrogen-bond donors (Lipinski definition) is 1. The van der Waals surface area contributed by atoms with Crippen LogP contribution in [0.5, 0.6) is 5.75 Å². The van der Waals surface area contributed by atoms with Crippen molar-refractivity contribution in [2.45, 2.75) is 0 Å². The number of aromatic nitrogens is 3. The van der Waals surface area contributed by atoms with E-state index in [0.717, 1.165) is 43.6 Å². The Morgan fingerprint density at radius 2 is 1.74 bits per heavy atom. The Kier molecular flexibility index (Phi) is 5.16. The first-order chi connectivity index (χ1) is 15.3. The highest BCUT2D eigenvalue weighted by atomic mass is 32.1. The Morgan fingerprint density at radius 1 is 0.968 bits per heavy atom. The van der Waals surface area contributed by atoms with Crippen LogP contribution in [-0.4, -0.2) is 28.1 Å². The molecular formula is C24H19N5OS. The van der Waals surface area contributed by atoms with Gasteiger partial charge in [-0.25, -0.2) is 9.67 Å². The fourth-order valence-corrected chi connectivity index (χ4v) is 4.06. The number of hydrazone groups is 1. The summed E-state index contributed by atoms with van der Waals surface area (Å²) in [7, 11) is 1.66. The lowest BCUT2D eigenvalue weighted by Crippen LogP contribution is -1.94. The Balaban J connectivity index is 1.47. The molecule has 0 aliphatic heterocycles. The second kappa shape index (κ2) is 8.41. The van der Waals surface area contributed by atoms with Crippen molar-refractivity contribution >= 4 is 32.9 Å². The van der Waals surface area contributed by atoms with Gasteiger partial charge in [-0.1, -0.05) is 41.7 Å². The molecule has 0 bridgehead atoms. The van der Waals surface area contributed by atoms with E-state index < -0.39 is 0 Å². The van der Waals surface area contributed by atoms with Gasteiger partial charge in [0.1, 0.15) is 11.4 Å². The molecule has 0 saturated carbocycles. The number of fused-ring (bicyclic) bond motifs is 1. The van der Waals surface area contributed by atoms with Crippen LogP contribution in [0.15, 0.2) is 90.2 Å². The van der Waals surface area contributed by atoms with Crippen molar-refractivity contribution in [3.8, 4) is 22.7 Å². The van der Waals surface area contributed by atoms with E-state index in [4.69, 9.17) is 9.84 Å². The first-order valence-corrected chi connectivity index (χ1v) is 10.6. The van der Waals surface area contributed by atoms with Crippen LogP contribution in [0.3, 0.4) is 0 Å². The van der Waals surface area contributed by atoms with E-state index >= 15 is 0 Å². The average molecular weight is 426 g/mol. The van der Waals surface area contributed by atoms with Crippen LogP contribution in [0.4, 0.5) is 5.13 Å². The standard InChI is InChI=1S/C24H19N5OS/c1-30-20-13-11-17(12-14-20)23-18(16-29(28-23)19-7-3-2-4-8-19)15-25-27-24-26-21-9-5-6-10-22(21)31-24/h2-16H,1H3,(H,26,27)/b25-15+. The van der Waals surface area contributed by atoms with Crippen LogP contribution in [0, 0.1) is 0 Å². The number of rotatable bonds is 6. The van der Waals surface area contributed by atoms with Crippen LogP contribution in [0.25, 0.3) is 27.2 Å². The van der Waals surface area contributed by atoms with E-state index in [1.807, 2.05) is 89.7 Å². The molecule has 5 aromatic rings. The van der Waals surface area contributed by atoms with Gasteiger partial charge in [-0.05, 0) is 48.5 Å². The summed E-state index contributed by atoms with van der Waals surface area (Å²) in [4.78, 5) is 4.56. The second-order valence-electron chi connectivity index (χ2n) is 6.80. The fraction of sp³-hybridized carbons (Fsp3) is 0.0417. The molecule has 0 atom stereocenters. The van der Waals surface area contributed by atoms with Crippen LogP contribution < -0.4 is 10.2 Å². The lowest BCUT2D eigenvalue weighted by atomic mass is 10.1. The van der Waals surface area contributed by atoms with Crippen molar-refractivity contribution in [3.05, 3.63) is 90.6 Å². The summed E-state index contributed by atoms with van der Waals surface area (Å²) >= 11 is 1.57. The third-order valence-corrected chi connectivity index (χ3v) is 5.73. The highest BCUT2D eigenvalue weighted by Crippen LogP contribution is 2.27. The van der Waals surface area contributed by atoms with Gasteiger partial charge in [-0.2, -0.15) is 10.2 Å². The molecule has 7 heteroatoms. The summed E-state index contributed by atoms with van der Waals surface area (Å²) in [5.41, 5.74) is 7.70. The van der Waals surface area contributed by atoms with Gasteiger partial charge in [0.2, 0.25) is 5.13 Å². The number of ether oxygens (including phenoxy) is 1. The number of benzene rings is 3. The maximum atomic E-state index is 5.28. The smallest absolute Gasteiger partial charge is 0.204 e. The summed E-state index contributed by atoms with van der Waals surface area (Å²) in [6, 6.07) is 25.9. The van der Waals surface area contributed by atoms with Gasteiger partial charge < -0.3 is 4.74 Å². The van der Waals surface area contributed by atoms with Crippen molar-refractivity contribution in [3.63, 3.8) is 0 Å². The van der Waals surface area contributed by atoms with E-state index in [9.17, 15) is 0 Å². The number of methoxy groups -OCH3 is 1. The largest absolute Gasteiger partial charge is 0.497 e. The third kappa shape index (κ3) is 4.04. The minimum absolute atomic E-state index is 0.749. The van der Waals surface area contributed by atoms with E-state index in [1.54, 1.807) is 24.7 Å². The normalized spacial score (nSPS) is 11.3. The first-order valence-electron chi connectivity index (χ1n) is 9.74. The number of para-hydroxylation sites is 2. The van der Waals surface area contributed by atoms with Crippen LogP contribution in [0.1, 0.15) is 5.56 Å². The summed E-state index contributed by atoms with van der Waals surface area (Å²) in [6.07, 6.45) is 3.75. The Morgan fingerprint density at radius 3 is 2.52 bits per heavy atom. The number of hydrogen-bond acceptors (Lipinski definition) is 6. The second-order valence-corrected chi connectivity index (χ2v) is 7.83. The molecule has 0 aliphatic carbocycles.